The van der Waals surface area contributed by atoms with Crippen molar-refractivity contribution in [1.82, 2.24) is 5.32 Å². The number of hydrogen-bond acceptors (Lipinski definition) is 4. The first-order valence-electron chi connectivity index (χ1n) is 7.95. The molecule has 0 saturated carbocycles. The van der Waals surface area contributed by atoms with E-state index in [1.165, 1.54) is 11.8 Å². The Morgan fingerprint density at radius 2 is 1.72 bits per heavy atom. The third kappa shape index (κ3) is 6.51. The van der Waals surface area contributed by atoms with Crippen molar-refractivity contribution >= 4 is 23.6 Å². The van der Waals surface area contributed by atoms with Gasteiger partial charge in [-0.3, -0.25) is 9.59 Å². The summed E-state index contributed by atoms with van der Waals surface area (Å²) in [5.74, 6) is 0.143. The van der Waals surface area contributed by atoms with Crippen LogP contribution in [0.5, 0.6) is 5.75 Å². The highest BCUT2D eigenvalue weighted by atomic mass is 32.2. The lowest BCUT2D eigenvalue weighted by Gasteiger charge is -2.15. The van der Waals surface area contributed by atoms with Gasteiger partial charge in [0.2, 0.25) is 0 Å². The molecule has 132 valence electrons. The van der Waals surface area contributed by atoms with Crippen LogP contribution in [-0.4, -0.2) is 41.1 Å². The summed E-state index contributed by atoms with van der Waals surface area (Å²) in [6.45, 7) is 2.10. The van der Waals surface area contributed by atoms with E-state index >= 15 is 0 Å². The molecule has 0 saturated heterocycles. The number of carboxylic acid groups (broad SMARTS) is 1. The molecule has 2 N–H and O–H groups in total. The summed E-state index contributed by atoms with van der Waals surface area (Å²) >= 11 is 1.26. The molecule has 0 aliphatic rings. The summed E-state index contributed by atoms with van der Waals surface area (Å²) in [6, 6.07) is 17.6. The second-order valence-electron chi connectivity index (χ2n) is 5.39. The van der Waals surface area contributed by atoms with Gasteiger partial charge in [0.05, 0.1) is 5.75 Å². The predicted octanol–water partition coefficient (Wildman–Crippen LogP) is 3.05. The summed E-state index contributed by atoms with van der Waals surface area (Å²) in [4.78, 5) is 22.4. The largest absolute Gasteiger partial charge is 0.481 e. The fourth-order valence-corrected chi connectivity index (χ4v) is 2.73. The molecule has 6 heteroatoms. The number of ether oxygens (including phenoxy) is 1. The van der Waals surface area contributed by atoms with Crippen molar-refractivity contribution in [3.05, 3.63) is 54.6 Å². The molecule has 0 spiro atoms. The first-order chi connectivity index (χ1) is 12.1. The Bertz CT molecular complexity index is 688. The molecule has 0 heterocycles. The average molecular weight is 359 g/mol. The van der Waals surface area contributed by atoms with Gasteiger partial charge < -0.3 is 15.2 Å². The highest BCUT2D eigenvalue weighted by molar-refractivity contribution is 7.99. The monoisotopic (exact) mass is 359 g/mol. The number of rotatable bonds is 9. The lowest BCUT2D eigenvalue weighted by atomic mass is 10.1. The van der Waals surface area contributed by atoms with E-state index in [1.54, 1.807) is 6.92 Å². The molecule has 1 amide bonds. The van der Waals surface area contributed by atoms with Crippen molar-refractivity contribution in [2.45, 2.75) is 13.0 Å². The van der Waals surface area contributed by atoms with E-state index in [2.05, 4.69) is 5.32 Å². The van der Waals surface area contributed by atoms with Gasteiger partial charge in [0.15, 0.2) is 6.10 Å². The highest BCUT2D eigenvalue weighted by Gasteiger charge is 2.14. The molecule has 0 radical (unpaired) electrons. The Hall–Kier alpha value is -2.47. The maximum absolute atomic E-state index is 12.0. The van der Waals surface area contributed by atoms with E-state index in [-0.39, 0.29) is 11.7 Å². The predicted molar refractivity (Wildman–Crippen MR) is 99.9 cm³/mol. The Balaban J connectivity index is 1.78. The zero-order valence-electron chi connectivity index (χ0n) is 14.0. The van der Waals surface area contributed by atoms with Gasteiger partial charge in [-0.25, -0.2) is 0 Å². The standard InChI is InChI=1S/C19H21NO4S/c1-14(19(23)20-11-12-25-13-18(21)22)24-17-9-7-16(8-10-17)15-5-3-2-4-6-15/h2-10,14H,11-13H2,1H3,(H,20,23)(H,21,22). The molecule has 0 bridgehead atoms. The molecule has 0 aliphatic carbocycles. The number of aliphatic carboxylic acids is 1. The van der Waals surface area contributed by atoms with Crippen molar-refractivity contribution in [2.24, 2.45) is 0 Å². The van der Waals surface area contributed by atoms with Crippen LogP contribution in [0.15, 0.2) is 54.6 Å². The van der Waals surface area contributed by atoms with Crippen LogP contribution in [-0.2, 0) is 9.59 Å². The van der Waals surface area contributed by atoms with Crippen LogP contribution in [0.25, 0.3) is 11.1 Å². The fourth-order valence-electron chi connectivity index (χ4n) is 2.16. The van der Waals surface area contributed by atoms with Crippen LogP contribution in [0.2, 0.25) is 0 Å². The molecular formula is C19H21NO4S. The van der Waals surface area contributed by atoms with Crippen LogP contribution in [0.1, 0.15) is 6.92 Å². The first kappa shape index (κ1) is 18.9. The summed E-state index contributed by atoms with van der Waals surface area (Å²) in [6.07, 6.45) is -0.618. The van der Waals surface area contributed by atoms with Gasteiger partial charge in [-0.05, 0) is 30.2 Å². The quantitative estimate of drug-likeness (QED) is 0.673. The minimum Gasteiger partial charge on any atom is -0.481 e. The summed E-state index contributed by atoms with van der Waals surface area (Å²) in [5.41, 5.74) is 2.21. The number of thioether (sulfide) groups is 1. The van der Waals surface area contributed by atoms with Crippen molar-refractivity contribution in [2.75, 3.05) is 18.1 Å². The van der Waals surface area contributed by atoms with Crippen LogP contribution in [0, 0.1) is 0 Å². The molecule has 1 unspecified atom stereocenters. The number of carbonyl (C=O) groups is 2. The van der Waals surface area contributed by atoms with Gasteiger partial charge in [-0.15, -0.1) is 11.8 Å². The normalized spacial score (nSPS) is 11.6. The molecular weight excluding hydrogens is 338 g/mol. The van der Waals surface area contributed by atoms with Crippen molar-refractivity contribution in [3.63, 3.8) is 0 Å². The second kappa shape index (κ2) is 9.74. The Morgan fingerprint density at radius 3 is 2.36 bits per heavy atom. The lowest BCUT2D eigenvalue weighted by Crippen LogP contribution is -2.37. The van der Waals surface area contributed by atoms with E-state index in [0.717, 1.165) is 11.1 Å². The molecule has 0 fully saturated rings. The zero-order chi connectivity index (χ0) is 18.1. The maximum Gasteiger partial charge on any atom is 0.313 e. The average Bonchev–Trinajstić information content (AvgIpc) is 2.62. The molecule has 0 aliphatic heterocycles. The van der Waals surface area contributed by atoms with Crippen LogP contribution in [0.4, 0.5) is 0 Å². The summed E-state index contributed by atoms with van der Waals surface area (Å²) in [7, 11) is 0. The molecule has 0 aromatic heterocycles. The second-order valence-corrected chi connectivity index (χ2v) is 6.49. The lowest BCUT2D eigenvalue weighted by molar-refractivity contribution is -0.134. The van der Waals surface area contributed by atoms with Gasteiger partial charge in [0, 0.05) is 12.3 Å². The van der Waals surface area contributed by atoms with E-state index in [9.17, 15) is 9.59 Å². The third-order valence-corrected chi connectivity index (χ3v) is 4.36. The smallest absolute Gasteiger partial charge is 0.313 e. The highest BCUT2D eigenvalue weighted by Crippen LogP contribution is 2.22. The molecule has 2 aromatic rings. The molecule has 2 rings (SSSR count). The topological polar surface area (TPSA) is 75.6 Å². The Labute approximate surface area is 151 Å². The number of amides is 1. The molecule has 25 heavy (non-hydrogen) atoms. The number of carbonyl (C=O) groups excluding carboxylic acids is 1. The molecule has 2 aromatic carbocycles. The van der Waals surface area contributed by atoms with Gasteiger partial charge >= 0.3 is 5.97 Å². The maximum atomic E-state index is 12.0. The third-order valence-electron chi connectivity index (χ3n) is 3.41. The number of nitrogens with one attached hydrogen (secondary N) is 1. The first-order valence-corrected chi connectivity index (χ1v) is 9.11. The van der Waals surface area contributed by atoms with Crippen molar-refractivity contribution in [3.8, 4) is 16.9 Å². The van der Waals surface area contributed by atoms with E-state index in [0.29, 0.717) is 18.0 Å². The van der Waals surface area contributed by atoms with E-state index < -0.39 is 12.1 Å². The summed E-state index contributed by atoms with van der Waals surface area (Å²) < 4.78 is 5.65. The van der Waals surface area contributed by atoms with Gasteiger partial charge in [0.25, 0.3) is 5.91 Å². The minimum absolute atomic E-state index is 0.0374. The van der Waals surface area contributed by atoms with Crippen LogP contribution < -0.4 is 10.1 Å². The SMILES string of the molecule is CC(Oc1ccc(-c2ccccc2)cc1)C(=O)NCCSCC(=O)O. The van der Waals surface area contributed by atoms with Gasteiger partial charge in [-0.1, -0.05) is 42.5 Å². The van der Waals surface area contributed by atoms with Gasteiger partial charge in [-0.2, -0.15) is 0 Å². The minimum atomic E-state index is -0.855. The molecule has 5 nitrogen and oxygen atoms in total. The van der Waals surface area contributed by atoms with Gasteiger partial charge in [0.1, 0.15) is 5.75 Å². The zero-order valence-corrected chi connectivity index (χ0v) is 14.8. The van der Waals surface area contributed by atoms with Crippen LogP contribution >= 0.6 is 11.8 Å². The molecule has 1 atom stereocenters. The number of carboxylic acids is 1. The van der Waals surface area contributed by atoms with E-state index in [4.69, 9.17) is 9.84 Å². The Morgan fingerprint density at radius 1 is 1.08 bits per heavy atom. The van der Waals surface area contributed by atoms with E-state index in [1.807, 2.05) is 54.6 Å². The Kier molecular flexibility index (Phi) is 7.35. The number of hydrogen-bond donors (Lipinski definition) is 2. The number of benzene rings is 2. The van der Waals surface area contributed by atoms with Crippen molar-refractivity contribution < 1.29 is 19.4 Å². The van der Waals surface area contributed by atoms with Crippen molar-refractivity contribution in [1.29, 1.82) is 0 Å². The van der Waals surface area contributed by atoms with Crippen LogP contribution in [0.3, 0.4) is 0 Å². The fraction of sp³-hybridized carbons (Fsp3) is 0.263. The summed E-state index contributed by atoms with van der Waals surface area (Å²) in [5, 5.41) is 11.3.